The molecule has 3 aromatic carbocycles. The maximum absolute atomic E-state index is 7.87. The van der Waals surface area contributed by atoms with Crippen molar-refractivity contribution in [2.24, 2.45) is 34.5 Å². The lowest BCUT2D eigenvalue weighted by Crippen LogP contribution is -2.71. The van der Waals surface area contributed by atoms with Gasteiger partial charge in [-0.1, -0.05) is 97.9 Å². The molecule has 0 saturated heterocycles. The van der Waals surface area contributed by atoms with Crippen molar-refractivity contribution in [1.29, 1.82) is 0 Å². The molecule has 0 amide bonds. The standard InChI is InChI=1S/C47H58O3Si/c1-46-31-30-44-42(43(46)27-28-45(46)49-37-17-13-14-18-37)26-25-35-33-38(29-32-47(35,44)34-48-36-15-11-12-16-36)50-51(39-19-5-2-6-20-39,40-21-7-3-8-22-40)41-23-9-4-10-24-41/h2-10,15,17,19-24,35,38,42-45H,11-14,16,18,25-34H2,1H3/t35?,38?,42-,43-,44+,45?,46-,47+/m0/s1. The molecular formula is C47H58O3Si. The van der Waals surface area contributed by atoms with E-state index in [9.17, 15) is 0 Å². The molecule has 8 atom stereocenters. The number of fused-ring (bicyclic) bond motifs is 5. The van der Waals surface area contributed by atoms with Crippen LogP contribution in [0.3, 0.4) is 0 Å². The van der Waals surface area contributed by atoms with Crippen molar-refractivity contribution < 1.29 is 13.9 Å². The van der Waals surface area contributed by atoms with E-state index < -0.39 is 8.32 Å². The van der Waals surface area contributed by atoms with Gasteiger partial charge < -0.3 is 13.9 Å². The minimum atomic E-state index is -2.78. The Morgan fingerprint density at radius 3 is 1.88 bits per heavy atom. The first-order valence-corrected chi connectivity index (χ1v) is 22.5. The van der Waals surface area contributed by atoms with Crippen LogP contribution >= 0.6 is 0 Å². The van der Waals surface area contributed by atoms with Crippen molar-refractivity contribution in [2.75, 3.05) is 6.61 Å². The molecule has 3 unspecified atom stereocenters. The fourth-order valence-electron chi connectivity index (χ4n) is 12.4. The van der Waals surface area contributed by atoms with Crippen LogP contribution in [0.2, 0.25) is 0 Å². The summed E-state index contributed by atoms with van der Waals surface area (Å²) >= 11 is 0. The van der Waals surface area contributed by atoms with Gasteiger partial charge in [0.05, 0.1) is 18.1 Å². The third-order valence-electron chi connectivity index (χ3n) is 14.9. The van der Waals surface area contributed by atoms with Crippen molar-refractivity contribution in [3.05, 3.63) is 115 Å². The van der Waals surface area contributed by atoms with E-state index >= 15 is 0 Å². The molecule has 6 aliphatic carbocycles. The highest BCUT2D eigenvalue weighted by atomic mass is 28.4. The van der Waals surface area contributed by atoms with Gasteiger partial charge in [-0.05, 0) is 135 Å². The lowest BCUT2D eigenvalue weighted by Gasteiger charge is -2.62. The molecular weight excluding hydrogens is 641 g/mol. The van der Waals surface area contributed by atoms with Crippen molar-refractivity contribution in [3.63, 3.8) is 0 Å². The van der Waals surface area contributed by atoms with Gasteiger partial charge in [-0.3, -0.25) is 0 Å². The smallest absolute Gasteiger partial charge is 0.288 e. The summed E-state index contributed by atoms with van der Waals surface area (Å²) in [5.41, 5.74) is 0.539. The van der Waals surface area contributed by atoms with E-state index in [0.717, 1.165) is 50.0 Å². The monoisotopic (exact) mass is 698 g/mol. The fraction of sp³-hybridized carbons (Fsp3) is 0.532. The minimum Gasteiger partial charge on any atom is -0.498 e. The van der Waals surface area contributed by atoms with Crippen LogP contribution in [0.4, 0.5) is 0 Å². The van der Waals surface area contributed by atoms with Gasteiger partial charge in [0.1, 0.15) is 6.10 Å². The third kappa shape index (κ3) is 5.97. The summed E-state index contributed by atoms with van der Waals surface area (Å²) in [4.78, 5) is 0. The molecule has 4 saturated carbocycles. The quantitative estimate of drug-likeness (QED) is 0.156. The van der Waals surface area contributed by atoms with Gasteiger partial charge in [-0.25, -0.2) is 0 Å². The molecule has 6 aliphatic rings. The number of ether oxygens (including phenoxy) is 2. The van der Waals surface area contributed by atoms with Crippen LogP contribution in [0, 0.1) is 34.5 Å². The summed E-state index contributed by atoms with van der Waals surface area (Å²) < 4.78 is 21.7. The lowest BCUT2D eigenvalue weighted by molar-refractivity contribution is -0.161. The summed E-state index contributed by atoms with van der Waals surface area (Å²) in [6.45, 7) is 3.53. The number of hydrogen-bond acceptors (Lipinski definition) is 3. The van der Waals surface area contributed by atoms with Crippen LogP contribution < -0.4 is 15.6 Å². The van der Waals surface area contributed by atoms with Gasteiger partial charge in [0, 0.05) is 29.8 Å². The van der Waals surface area contributed by atoms with Gasteiger partial charge in [0.15, 0.2) is 0 Å². The highest BCUT2D eigenvalue weighted by Gasteiger charge is 2.63. The Morgan fingerprint density at radius 1 is 0.647 bits per heavy atom. The Morgan fingerprint density at radius 2 is 1.27 bits per heavy atom. The number of benzene rings is 3. The molecule has 4 fully saturated rings. The van der Waals surface area contributed by atoms with Gasteiger partial charge in [0.2, 0.25) is 0 Å². The van der Waals surface area contributed by atoms with E-state index in [4.69, 9.17) is 13.9 Å². The second-order valence-corrected chi connectivity index (χ2v) is 20.7. The third-order valence-corrected chi connectivity index (χ3v) is 19.1. The van der Waals surface area contributed by atoms with E-state index in [1.54, 1.807) is 0 Å². The van der Waals surface area contributed by atoms with Crippen LogP contribution in [0.25, 0.3) is 0 Å². The van der Waals surface area contributed by atoms with Crippen LogP contribution in [-0.2, 0) is 13.9 Å². The maximum atomic E-state index is 7.87. The van der Waals surface area contributed by atoms with E-state index in [0.29, 0.717) is 17.4 Å². The second-order valence-electron chi connectivity index (χ2n) is 17.3. The minimum absolute atomic E-state index is 0.232. The SMILES string of the molecule is C[C@]12CC[C@@H]3[C@@H](CCC4CC(O[Si](c5ccccc5)(c5ccccc5)c5ccccc5)CC[C@@]43COC3=CCCC3)[C@@H]1CCC2OC1=CCCC1. The highest BCUT2D eigenvalue weighted by molar-refractivity contribution is 7.07. The molecule has 0 radical (unpaired) electrons. The first-order valence-electron chi connectivity index (χ1n) is 20.6. The maximum Gasteiger partial charge on any atom is 0.288 e. The fourth-order valence-corrected chi connectivity index (χ4v) is 16.6. The van der Waals surface area contributed by atoms with Gasteiger partial charge in [-0.15, -0.1) is 0 Å². The molecule has 0 aromatic heterocycles. The van der Waals surface area contributed by atoms with Gasteiger partial charge in [0.25, 0.3) is 8.32 Å². The van der Waals surface area contributed by atoms with E-state index in [2.05, 4.69) is 110 Å². The summed E-state index contributed by atoms with van der Waals surface area (Å²) in [6, 6.07) is 33.6. The number of hydrogen-bond donors (Lipinski definition) is 0. The Kier molecular flexibility index (Phi) is 9.29. The molecule has 4 heteroatoms. The molecule has 0 N–H and O–H groups in total. The Bertz CT molecular complexity index is 1610. The van der Waals surface area contributed by atoms with Gasteiger partial charge in [-0.2, -0.15) is 0 Å². The molecule has 3 aromatic rings. The van der Waals surface area contributed by atoms with Gasteiger partial charge >= 0.3 is 0 Å². The molecule has 0 bridgehead atoms. The zero-order chi connectivity index (χ0) is 34.3. The predicted molar refractivity (Wildman–Crippen MR) is 210 cm³/mol. The first kappa shape index (κ1) is 33.7. The molecule has 51 heavy (non-hydrogen) atoms. The number of rotatable bonds is 10. The Balaban J connectivity index is 1.03. The van der Waals surface area contributed by atoms with Crippen LogP contribution in [0.15, 0.2) is 115 Å². The van der Waals surface area contributed by atoms with E-state index in [1.807, 2.05) is 0 Å². The molecule has 3 nitrogen and oxygen atoms in total. The van der Waals surface area contributed by atoms with Crippen LogP contribution in [0.1, 0.15) is 103 Å². The van der Waals surface area contributed by atoms with Crippen LogP contribution in [-0.4, -0.2) is 27.1 Å². The lowest BCUT2D eigenvalue weighted by atomic mass is 9.44. The van der Waals surface area contributed by atoms with E-state index in [1.165, 1.54) is 97.7 Å². The van der Waals surface area contributed by atoms with Crippen molar-refractivity contribution >= 4 is 23.9 Å². The molecule has 0 spiro atoms. The summed E-state index contributed by atoms with van der Waals surface area (Å²) in [5, 5.41) is 4.03. The topological polar surface area (TPSA) is 27.7 Å². The zero-order valence-corrected chi connectivity index (χ0v) is 31.8. The van der Waals surface area contributed by atoms with Crippen molar-refractivity contribution in [3.8, 4) is 0 Å². The molecule has 9 rings (SSSR count). The van der Waals surface area contributed by atoms with Crippen molar-refractivity contribution in [2.45, 2.75) is 115 Å². The van der Waals surface area contributed by atoms with Crippen molar-refractivity contribution in [1.82, 2.24) is 0 Å². The molecule has 0 heterocycles. The molecule has 268 valence electrons. The predicted octanol–water partition coefficient (Wildman–Crippen LogP) is 9.60. The normalized spacial score (nSPS) is 34.5. The molecule has 0 aliphatic heterocycles. The average Bonchev–Trinajstić information content (AvgIpc) is 3.97. The summed E-state index contributed by atoms with van der Waals surface area (Å²) in [7, 11) is -2.78. The Hall–Kier alpha value is -3.08. The summed E-state index contributed by atoms with van der Waals surface area (Å²) in [6.07, 6.45) is 23.9. The zero-order valence-electron chi connectivity index (χ0n) is 30.8. The Labute approximate surface area is 308 Å². The highest BCUT2D eigenvalue weighted by Crippen LogP contribution is 2.67. The largest absolute Gasteiger partial charge is 0.498 e. The number of allylic oxidation sites excluding steroid dienone is 4. The average molecular weight is 699 g/mol. The summed E-state index contributed by atoms with van der Waals surface area (Å²) in [5.74, 6) is 5.50. The van der Waals surface area contributed by atoms with E-state index in [-0.39, 0.29) is 11.5 Å². The van der Waals surface area contributed by atoms with Crippen LogP contribution in [0.5, 0.6) is 0 Å². The first-order chi connectivity index (χ1) is 25.1. The second kappa shape index (κ2) is 14.0.